The fraction of sp³-hybridized carbons (Fsp3) is 0.350. The molecule has 3 aromatic rings. The largest absolute Gasteiger partial charge is 0.497 e. The molecule has 0 aliphatic heterocycles. The van der Waals surface area contributed by atoms with Gasteiger partial charge in [-0.05, 0) is 47.9 Å². The van der Waals surface area contributed by atoms with Crippen molar-refractivity contribution in [3.63, 3.8) is 0 Å². The molecule has 1 N–H and O–H groups in total. The summed E-state index contributed by atoms with van der Waals surface area (Å²) < 4.78 is 6.72. The van der Waals surface area contributed by atoms with Gasteiger partial charge < -0.3 is 10.1 Å². The van der Waals surface area contributed by atoms with E-state index in [0.29, 0.717) is 21.3 Å². The zero-order valence-corrected chi connectivity index (χ0v) is 17.3. The second kappa shape index (κ2) is 7.97. The highest BCUT2D eigenvalue weighted by atomic mass is 32.2. The maximum absolute atomic E-state index is 12.6. The number of aromatic nitrogens is 2. The first-order valence-corrected chi connectivity index (χ1v) is 10.9. The van der Waals surface area contributed by atoms with E-state index in [2.05, 4.69) is 10.3 Å². The van der Waals surface area contributed by atoms with E-state index in [1.54, 1.807) is 20.2 Å². The minimum atomic E-state index is -0.0803. The van der Waals surface area contributed by atoms with Crippen molar-refractivity contribution in [1.82, 2.24) is 14.9 Å². The molecule has 28 heavy (non-hydrogen) atoms. The van der Waals surface area contributed by atoms with Crippen molar-refractivity contribution < 1.29 is 9.53 Å². The van der Waals surface area contributed by atoms with E-state index < -0.39 is 0 Å². The summed E-state index contributed by atoms with van der Waals surface area (Å²) in [7, 11) is 3.33. The first-order chi connectivity index (χ1) is 13.6. The van der Waals surface area contributed by atoms with E-state index in [1.807, 2.05) is 29.6 Å². The number of rotatable bonds is 7. The number of carbonyl (C=O) groups excluding carboxylic acids is 1. The summed E-state index contributed by atoms with van der Waals surface area (Å²) in [6, 6.07) is 9.64. The van der Waals surface area contributed by atoms with Crippen molar-refractivity contribution in [3.05, 3.63) is 51.6 Å². The fourth-order valence-corrected chi connectivity index (χ4v) is 4.76. The lowest BCUT2D eigenvalue weighted by Gasteiger charge is -2.19. The van der Waals surface area contributed by atoms with Gasteiger partial charge in [0.05, 0.1) is 24.3 Å². The van der Waals surface area contributed by atoms with Gasteiger partial charge in [0.1, 0.15) is 10.6 Å². The third kappa shape index (κ3) is 3.93. The van der Waals surface area contributed by atoms with Gasteiger partial charge in [-0.2, -0.15) is 0 Å². The quantitative estimate of drug-likeness (QED) is 0.473. The number of fused-ring (bicyclic) bond motifs is 1. The molecule has 1 aliphatic rings. The van der Waals surface area contributed by atoms with E-state index in [4.69, 9.17) is 4.74 Å². The topological polar surface area (TPSA) is 73.2 Å². The molecule has 0 bridgehead atoms. The lowest BCUT2D eigenvalue weighted by atomic mass is 10.0. The minimum absolute atomic E-state index is 0.00978. The Morgan fingerprint density at radius 2 is 2.11 bits per heavy atom. The summed E-state index contributed by atoms with van der Waals surface area (Å²) >= 11 is 2.72. The second-order valence-electron chi connectivity index (χ2n) is 6.84. The van der Waals surface area contributed by atoms with Gasteiger partial charge in [-0.1, -0.05) is 23.9 Å². The summed E-state index contributed by atoms with van der Waals surface area (Å²) in [5.74, 6) is 1.44. The predicted molar refractivity (Wildman–Crippen MR) is 112 cm³/mol. The zero-order valence-electron chi connectivity index (χ0n) is 15.7. The number of benzene rings is 1. The van der Waals surface area contributed by atoms with Crippen molar-refractivity contribution in [2.45, 2.75) is 24.0 Å². The van der Waals surface area contributed by atoms with Crippen LogP contribution in [0.4, 0.5) is 0 Å². The van der Waals surface area contributed by atoms with Gasteiger partial charge in [-0.15, -0.1) is 11.3 Å². The number of thiophene rings is 1. The molecule has 2 aromatic heterocycles. The van der Waals surface area contributed by atoms with Gasteiger partial charge in [0.25, 0.3) is 5.56 Å². The number of hydrogen-bond donors (Lipinski definition) is 1. The molecule has 0 spiro atoms. The van der Waals surface area contributed by atoms with Gasteiger partial charge in [-0.3, -0.25) is 14.2 Å². The molecular weight excluding hydrogens is 394 g/mol. The molecule has 1 amide bonds. The SMILES string of the molecule is COc1ccc(C(NC(=O)CSc2nc3sccc3c(=O)n2C)C2CC2)cc1. The Hall–Kier alpha value is -2.32. The van der Waals surface area contributed by atoms with Crippen LogP contribution < -0.4 is 15.6 Å². The van der Waals surface area contributed by atoms with E-state index in [-0.39, 0.29) is 23.3 Å². The average Bonchev–Trinajstić information content (AvgIpc) is 3.45. The minimum Gasteiger partial charge on any atom is -0.497 e. The van der Waals surface area contributed by atoms with Crippen LogP contribution in [0.15, 0.2) is 45.7 Å². The van der Waals surface area contributed by atoms with Crippen LogP contribution in [0, 0.1) is 5.92 Å². The number of methoxy groups -OCH3 is 1. The second-order valence-corrected chi connectivity index (χ2v) is 8.68. The van der Waals surface area contributed by atoms with Crippen LogP contribution in [0.2, 0.25) is 0 Å². The molecule has 2 heterocycles. The molecule has 6 nitrogen and oxygen atoms in total. The Kier molecular flexibility index (Phi) is 5.41. The van der Waals surface area contributed by atoms with E-state index in [9.17, 15) is 9.59 Å². The standard InChI is InChI=1S/C20H21N3O3S2/c1-23-19(25)15-9-10-27-18(15)22-20(23)28-11-16(24)21-17(12-3-4-12)13-5-7-14(26-2)8-6-13/h5-10,12,17H,3-4,11H2,1-2H3,(H,21,24). The lowest BCUT2D eigenvalue weighted by Crippen LogP contribution is -2.31. The molecule has 1 unspecified atom stereocenters. The molecule has 1 aliphatic carbocycles. The Morgan fingerprint density at radius 1 is 1.36 bits per heavy atom. The molecule has 1 aromatic carbocycles. The van der Waals surface area contributed by atoms with E-state index >= 15 is 0 Å². The summed E-state index contributed by atoms with van der Waals surface area (Å²) in [4.78, 5) is 30.2. The zero-order chi connectivity index (χ0) is 19.7. The van der Waals surface area contributed by atoms with Gasteiger partial charge >= 0.3 is 0 Å². The van der Waals surface area contributed by atoms with Crippen LogP contribution in [0.3, 0.4) is 0 Å². The number of amides is 1. The van der Waals surface area contributed by atoms with Crippen LogP contribution >= 0.6 is 23.1 Å². The molecule has 1 saturated carbocycles. The summed E-state index contributed by atoms with van der Waals surface area (Å²) in [6.45, 7) is 0. The molecule has 8 heteroatoms. The molecule has 1 fully saturated rings. The van der Waals surface area contributed by atoms with Crippen molar-refractivity contribution in [2.75, 3.05) is 12.9 Å². The van der Waals surface area contributed by atoms with Crippen LogP contribution in [0.25, 0.3) is 10.2 Å². The highest BCUT2D eigenvalue weighted by Gasteiger charge is 2.33. The van der Waals surface area contributed by atoms with Crippen LogP contribution in [0.5, 0.6) is 5.75 Å². The third-order valence-corrected chi connectivity index (χ3v) is 6.72. The number of hydrogen-bond acceptors (Lipinski definition) is 6. The fourth-order valence-electron chi connectivity index (χ4n) is 3.17. The molecular formula is C20H21N3O3S2. The number of carbonyl (C=O) groups is 1. The predicted octanol–water partition coefficient (Wildman–Crippen LogP) is 3.36. The number of nitrogens with one attached hydrogen (secondary N) is 1. The Bertz CT molecular complexity index is 1050. The van der Waals surface area contributed by atoms with Crippen LogP contribution in [-0.4, -0.2) is 28.3 Å². The highest BCUT2D eigenvalue weighted by molar-refractivity contribution is 7.99. The molecule has 0 saturated heterocycles. The molecule has 146 valence electrons. The van der Waals surface area contributed by atoms with Crippen molar-refractivity contribution in [2.24, 2.45) is 13.0 Å². The first kappa shape index (κ1) is 19.0. The van der Waals surface area contributed by atoms with E-state index in [1.165, 1.54) is 27.7 Å². The van der Waals surface area contributed by atoms with E-state index in [0.717, 1.165) is 24.2 Å². The molecule has 4 rings (SSSR count). The van der Waals surface area contributed by atoms with Crippen molar-refractivity contribution >= 4 is 39.2 Å². The van der Waals surface area contributed by atoms with Gasteiger partial charge in [0.2, 0.25) is 5.91 Å². The van der Waals surface area contributed by atoms with Crippen molar-refractivity contribution in [1.29, 1.82) is 0 Å². The van der Waals surface area contributed by atoms with Crippen LogP contribution in [0.1, 0.15) is 24.4 Å². The number of ether oxygens (including phenoxy) is 1. The third-order valence-electron chi connectivity index (χ3n) is 4.88. The summed E-state index contributed by atoms with van der Waals surface area (Å²) in [5, 5.41) is 6.19. The summed E-state index contributed by atoms with van der Waals surface area (Å²) in [5.41, 5.74) is 1.01. The molecule has 0 radical (unpaired) electrons. The lowest BCUT2D eigenvalue weighted by molar-refractivity contribution is -0.119. The average molecular weight is 416 g/mol. The Labute approximate surface area is 170 Å². The number of thioether (sulfide) groups is 1. The van der Waals surface area contributed by atoms with Gasteiger partial charge in [-0.25, -0.2) is 4.98 Å². The first-order valence-electron chi connectivity index (χ1n) is 9.07. The molecule has 1 atom stereocenters. The smallest absolute Gasteiger partial charge is 0.262 e. The maximum atomic E-state index is 12.6. The van der Waals surface area contributed by atoms with Gasteiger partial charge in [0, 0.05) is 7.05 Å². The monoisotopic (exact) mass is 415 g/mol. The van der Waals surface area contributed by atoms with Gasteiger partial charge in [0.15, 0.2) is 5.16 Å². The highest BCUT2D eigenvalue weighted by Crippen LogP contribution is 2.41. The summed E-state index contributed by atoms with van der Waals surface area (Å²) in [6.07, 6.45) is 2.24. The number of nitrogens with zero attached hydrogens (tertiary/aromatic N) is 2. The Morgan fingerprint density at radius 3 is 2.79 bits per heavy atom. The maximum Gasteiger partial charge on any atom is 0.262 e. The van der Waals surface area contributed by atoms with Crippen molar-refractivity contribution in [3.8, 4) is 5.75 Å². The normalized spacial score (nSPS) is 14.8. The van der Waals surface area contributed by atoms with Crippen LogP contribution in [-0.2, 0) is 11.8 Å². The Balaban J connectivity index is 1.44.